The van der Waals surface area contributed by atoms with Gasteiger partial charge in [0.1, 0.15) is 12.4 Å². The van der Waals surface area contributed by atoms with Crippen molar-refractivity contribution >= 4 is 62.8 Å². The molecule has 24 heavy (non-hydrogen) atoms. The Kier molecular flexibility index (Phi) is 6.97. The Labute approximate surface area is 166 Å². The first-order chi connectivity index (χ1) is 11.5. The first kappa shape index (κ1) is 18.6. The van der Waals surface area contributed by atoms with Gasteiger partial charge in [0.05, 0.1) is 24.0 Å². The molecule has 0 saturated carbocycles. The van der Waals surface area contributed by atoms with Crippen molar-refractivity contribution in [2.75, 3.05) is 12.0 Å². The normalized spacial score (nSPS) is 10.6. The van der Waals surface area contributed by atoms with E-state index in [1.807, 2.05) is 12.1 Å². The number of hydrazone groups is 1. The van der Waals surface area contributed by atoms with Gasteiger partial charge >= 0.3 is 0 Å². The molecule has 2 rings (SSSR count). The molecule has 1 N–H and O–H groups in total. The Hall–Kier alpha value is -1.69. The second kappa shape index (κ2) is 8.97. The fraction of sp³-hybridized carbons (Fsp3) is 0.0625. The first-order valence-electron chi connectivity index (χ1n) is 6.77. The van der Waals surface area contributed by atoms with Crippen LogP contribution in [0.1, 0.15) is 5.56 Å². The number of hydrogen-bond acceptors (Lipinski definition) is 5. The number of benzene rings is 2. The van der Waals surface area contributed by atoms with Crippen LogP contribution in [-0.4, -0.2) is 17.7 Å². The summed E-state index contributed by atoms with van der Waals surface area (Å²) in [7, 11) is 0. The lowest BCUT2D eigenvalue weighted by Gasteiger charge is -2.09. The summed E-state index contributed by atoms with van der Waals surface area (Å²) in [5.41, 5.74) is 4.48. The highest BCUT2D eigenvalue weighted by Gasteiger charge is 2.08. The van der Waals surface area contributed by atoms with E-state index in [1.54, 1.807) is 24.4 Å². The van der Waals surface area contributed by atoms with E-state index in [0.29, 0.717) is 12.3 Å². The van der Waals surface area contributed by atoms with Crippen LogP contribution >= 0.6 is 45.2 Å². The number of nitro benzene ring substituents is 1. The summed E-state index contributed by atoms with van der Waals surface area (Å²) < 4.78 is 7.60. The molecule has 0 heterocycles. The third-order valence-corrected chi connectivity index (χ3v) is 4.45. The molecular formula is C16H13I2N3O3. The molecule has 0 aliphatic heterocycles. The highest BCUT2D eigenvalue weighted by Crippen LogP contribution is 2.28. The number of halogens is 2. The zero-order valence-electron chi connectivity index (χ0n) is 12.4. The van der Waals surface area contributed by atoms with Gasteiger partial charge in [-0.3, -0.25) is 15.5 Å². The number of non-ortho nitro benzene ring substituents is 1. The second-order valence-electron chi connectivity index (χ2n) is 4.59. The molecule has 6 nitrogen and oxygen atoms in total. The van der Waals surface area contributed by atoms with Crippen LogP contribution < -0.4 is 10.2 Å². The van der Waals surface area contributed by atoms with Gasteiger partial charge < -0.3 is 4.74 Å². The Morgan fingerprint density at radius 2 is 1.88 bits per heavy atom. The van der Waals surface area contributed by atoms with Crippen molar-refractivity contribution in [3.63, 3.8) is 0 Å². The third-order valence-electron chi connectivity index (χ3n) is 2.85. The molecule has 0 amide bonds. The molecule has 0 atom stereocenters. The fourth-order valence-corrected chi connectivity index (χ4v) is 3.90. The Balaban J connectivity index is 2.06. The predicted octanol–water partition coefficient (Wildman–Crippen LogP) is 4.81. The number of ether oxygens (including phenoxy) is 1. The standard InChI is InChI=1S/C16H13I2N3O3/c1-2-7-24-16-14(17)8-11(9-15(16)18)10-19-20-12-3-5-13(6-4-12)21(22)23/h2-6,8-10,20H,1,7H2/b19-10+. The molecule has 0 aromatic heterocycles. The van der Waals surface area contributed by atoms with Crippen LogP contribution in [0.15, 0.2) is 54.2 Å². The fourth-order valence-electron chi connectivity index (χ4n) is 1.77. The first-order valence-corrected chi connectivity index (χ1v) is 8.93. The van der Waals surface area contributed by atoms with Gasteiger partial charge in [0.25, 0.3) is 5.69 Å². The monoisotopic (exact) mass is 549 g/mol. The average molecular weight is 549 g/mol. The van der Waals surface area contributed by atoms with Gasteiger partial charge in [-0.05, 0) is 75.0 Å². The molecule has 0 spiro atoms. The molecule has 0 saturated heterocycles. The lowest BCUT2D eigenvalue weighted by Crippen LogP contribution is -1.99. The number of hydrogen-bond donors (Lipinski definition) is 1. The molecule has 2 aromatic rings. The topological polar surface area (TPSA) is 76.8 Å². The molecule has 0 radical (unpaired) electrons. The smallest absolute Gasteiger partial charge is 0.269 e. The SMILES string of the molecule is C=CCOc1c(I)cc(/C=N/Nc2ccc([N+](=O)[O-])cc2)cc1I. The van der Waals surface area contributed by atoms with Crippen molar-refractivity contribution in [3.8, 4) is 5.75 Å². The molecule has 0 unspecified atom stereocenters. The largest absolute Gasteiger partial charge is 0.487 e. The van der Waals surface area contributed by atoms with Crippen LogP contribution in [0.5, 0.6) is 5.75 Å². The van der Waals surface area contributed by atoms with Crippen LogP contribution in [0.2, 0.25) is 0 Å². The minimum Gasteiger partial charge on any atom is -0.487 e. The third kappa shape index (κ3) is 5.16. The summed E-state index contributed by atoms with van der Waals surface area (Å²) in [4.78, 5) is 10.2. The van der Waals surface area contributed by atoms with E-state index in [1.165, 1.54) is 12.1 Å². The van der Waals surface area contributed by atoms with Crippen LogP contribution in [0.25, 0.3) is 0 Å². The van der Waals surface area contributed by atoms with E-state index in [-0.39, 0.29) is 5.69 Å². The van der Waals surface area contributed by atoms with E-state index in [0.717, 1.165) is 18.5 Å². The Morgan fingerprint density at radius 3 is 2.42 bits per heavy atom. The van der Waals surface area contributed by atoms with E-state index < -0.39 is 4.92 Å². The maximum Gasteiger partial charge on any atom is 0.269 e. The molecule has 0 fully saturated rings. The van der Waals surface area contributed by atoms with Crippen LogP contribution in [-0.2, 0) is 0 Å². The predicted molar refractivity (Wildman–Crippen MR) is 112 cm³/mol. The van der Waals surface area contributed by atoms with Crippen LogP contribution in [0.3, 0.4) is 0 Å². The minimum absolute atomic E-state index is 0.0451. The van der Waals surface area contributed by atoms with E-state index >= 15 is 0 Å². The Morgan fingerprint density at radius 1 is 1.25 bits per heavy atom. The molecule has 124 valence electrons. The van der Waals surface area contributed by atoms with Crippen molar-refractivity contribution in [2.24, 2.45) is 5.10 Å². The van der Waals surface area contributed by atoms with Crippen molar-refractivity contribution in [2.45, 2.75) is 0 Å². The number of rotatable bonds is 7. The Bertz CT molecular complexity index is 754. The van der Waals surface area contributed by atoms with E-state index in [9.17, 15) is 10.1 Å². The lowest BCUT2D eigenvalue weighted by atomic mass is 10.2. The zero-order chi connectivity index (χ0) is 17.5. The maximum absolute atomic E-state index is 10.6. The van der Waals surface area contributed by atoms with Gasteiger partial charge in [0, 0.05) is 12.1 Å². The second-order valence-corrected chi connectivity index (χ2v) is 6.91. The van der Waals surface area contributed by atoms with Gasteiger partial charge in [-0.15, -0.1) is 0 Å². The number of nitrogens with zero attached hydrogens (tertiary/aromatic N) is 2. The van der Waals surface area contributed by atoms with Gasteiger partial charge in [-0.25, -0.2) is 0 Å². The van der Waals surface area contributed by atoms with E-state index in [4.69, 9.17) is 4.74 Å². The molecule has 0 aliphatic rings. The highest BCUT2D eigenvalue weighted by molar-refractivity contribution is 14.1. The van der Waals surface area contributed by atoms with Gasteiger partial charge in [-0.2, -0.15) is 5.10 Å². The maximum atomic E-state index is 10.6. The number of nitrogens with one attached hydrogen (secondary N) is 1. The van der Waals surface area contributed by atoms with E-state index in [2.05, 4.69) is 62.3 Å². The van der Waals surface area contributed by atoms with Gasteiger partial charge in [-0.1, -0.05) is 12.7 Å². The molecule has 2 aromatic carbocycles. The van der Waals surface area contributed by atoms with Crippen LogP contribution in [0, 0.1) is 17.3 Å². The van der Waals surface area contributed by atoms with Crippen LogP contribution in [0.4, 0.5) is 11.4 Å². The van der Waals surface area contributed by atoms with Gasteiger partial charge in [0.2, 0.25) is 0 Å². The van der Waals surface area contributed by atoms with Crippen molar-refractivity contribution in [1.82, 2.24) is 0 Å². The van der Waals surface area contributed by atoms with Crippen molar-refractivity contribution in [1.29, 1.82) is 0 Å². The zero-order valence-corrected chi connectivity index (χ0v) is 16.7. The summed E-state index contributed by atoms with van der Waals surface area (Å²) in [6.07, 6.45) is 3.39. The van der Waals surface area contributed by atoms with Crippen molar-refractivity contribution in [3.05, 3.63) is 71.9 Å². The molecular weight excluding hydrogens is 536 g/mol. The minimum atomic E-state index is -0.438. The number of nitro groups is 1. The summed E-state index contributed by atoms with van der Waals surface area (Å²) in [6, 6.07) is 9.99. The van der Waals surface area contributed by atoms with Crippen molar-refractivity contribution < 1.29 is 9.66 Å². The average Bonchev–Trinajstić information content (AvgIpc) is 2.54. The van der Waals surface area contributed by atoms with Gasteiger partial charge in [0.15, 0.2) is 0 Å². The summed E-state index contributed by atoms with van der Waals surface area (Å²) in [5, 5.41) is 14.8. The quantitative estimate of drug-likeness (QED) is 0.177. The lowest BCUT2D eigenvalue weighted by molar-refractivity contribution is -0.384. The molecule has 0 aliphatic carbocycles. The highest BCUT2D eigenvalue weighted by atomic mass is 127. The summed E-state index contributed by atoms with van der Waals surface area (Å²) in [6.45, 7) is 4.10. The molecule has 0 bridgehead atoms. The summed E-state index contributed by atoms with van der Waals surface area (Å²) in [5.74, 6) is 0.830. The number of anilines is 1. The molecule has 8 heteroatoms. The summed E-state index contributed by atoms with van der Waals surface area (Å²) >= 11 is 4.43.